The second-order valence-corrected chi connectivity index (χ2v) is 7.85. The lowest BCUT2D eigenvalue weighted by atomic mass is 10.1. The van der Waals surface area contributed by atoms with Crippen molar-refractivity contribution in [1.82, 2.24) is 19.7 Å². The van der Waals surface area contributed by atoms with Gasteiger partial charge in [-0.1, -0.05) is 60.2 Å². The van der Waals surface area contributed by atoms with Crippen LogP contribution >= 0.6 is 0 Å². The van der Waals surface area contributed by atoms with Crippen LogP contribution in [0.1, 0.15) is 21.5 Å². The Balaban J connectivity index is 1.63. The van der Waals surface area contributed by atoms with E-state index < -0.39 is 0 Å². The maximum atomic E-state index is 13.4. The normalized spacial score (nSPS) is 14.2. The fourth-order valence-corrected chi connectivity index (χ4v) is 4.02. The smallest absolute Gasteiger partial charge is 0.254 e. The zero-order valence-electron chi connectivity index (χ0n) is 17.5. The number of nitrogens with zero attached hydrogens (tertiary/aromatic N) is 4. The maximum Gasteiger partial charge on any atom is 0.254 e. The van der Waals surface area contributed by atoms with Crippen LogP contribution in [0.5, 0.6) is 0 Å². The quantitative estimate of drug-likeness (QED) is 0.510. The first-order valence-electron chi connectivity index (χ1n) is 10.5. The summed E-state index contributed by atoms with van der Waals surface area (Å²) in [4.78, 5) is 20.2. The van der Waals surface area contributed by atoms with Crippen molar-refractivity contribution >= 4 is 16.9 Å². The van der Waals surface area contributed by atoms with E-state index >= 15 is 0 Å². The minimum absolute atomic E-state index is 0.00277. The molecule has 0 radical (unpaired) electrons. The number of fused-ring (bicyclic) bond motifs is 1. The summed E-state index contributed by atoms with van der Waals surface area (Å²) in [5.74, 6) is 0.00277. The second kappa shape index (κ2) is 8.32. The zero-order valence-corrected chi connectivity index (χ0v) is 17.5. The van der Waals surface area contributed by atoms with Crippen molar-refractivity contribution in [2.24, 2.45) is 0 Å². The molecule has 2 aromatic heterocycles. The minimum atomic E-state index is 0.00277. The summed E-state index contributed by atoms with van der Waals surface area (Å²) in [5, 5.41) is 5.38. The van der Waals surface area contributed by atoms with Crippen LogP contribution in [0.25, 0.3) is 22.3 Å². The van der Waals surface area contributed by atoms with Gasteiger partial charge in [0.15, 0.2) is 5.65 Å². The molecule has 0 saturated carbocycles. The SMILES string of the molecule is Cc1cccc(Cn2ncc3c(C(=O)N4CCOCC4)cc(-c4ccccc4)nc32)c1. The van der Waals surface area contributed by atoms with Crippen LogP contribution in [0.15, 0.2) is 66.9 Å². The van der Waals surface area contributed by atoms with Gasteiger partial charge in [-0.2, -0.15) is 5.10 Å². The van der Waals surface area contributed by atoms with E-state index in [0.29, 0.717) is 38.4 Å². The Hall–Kier alpha value is -3.51. The van der Waals surface area contributed by atoms with Crippen LogP contribution < -0.4 is 0 Å². The molecule has 1 aliphatic heterocycles. The highest BCUT2D eigenvalue weighted by Crippen LogP contribution is 2.26. The first kappa shape index (κ1) is 19.5. The van der Waals surface area contributed by atoms with Crippen molar-refractivity contribution in [3.05, 3.63) is 83.6 Å². The third-order valence-electron chi connectivity index (χ3n) is 5.62. The van der Waals surface area contributed by atoms with Crippen molar-refractivity contribution in [2.45, 2.75) is 13.5 Å². The van der Waals surface area contributed by atoms with Gasteiger partial charge in [-0.3, -0.25) is 4.79 Å². The van der Waals surface area contributed by atoms with Gasteiger partial charge in [0, 0.05) is 18.7 Å². The van der Waals surface area contributed by atoms with E-state index in [2.05, 4.69) is 30.2 Å². The molecule has 0 aliphatic carbocycles. The number of hydrogen-bond donors (Lipinski definition) is 0. The number of amides is 1. The molecule has 0 unspecified atom stereocenters. The number of carbonyl (C=O) groups is 1. The van der Waals surface area contributed by atoms with Crippen molar-refractivity contribution in [3.63, 3.8) is 0 Å². The average molecular weight is 412 g/mol. The van der Waals surface area contributed by atoms with Gasteiger partial charge in [-0.05, 0) is 18.6 Å². The molecule has 0 atom stereocenters. The van der Waals surface area contributed by atoms with E-state index in [4.69, 9.17) is 9.72 Å². The highest BCUT2D eigenvalue weighted by Gasteiger charge is 2.23. The molecule has 1 saturated heterocycles. The van der Waals surface area contributed by atoms with Crippen LogP contribution in [0, 0.1) is 6.92 Å². The Kier molecular flexibility index (Phi) is 5.22. The van der Waals surface area contributed by atoms with E-state index in [1.54, 1.807) is 6.20 Å². The Bertz CT molecular complexity index is 1230. The fourth-order valence-electron chi connectivity index (χ4n) is 4.02. The lowest BCUT2D eigenvalue weighted by Gasteiger charge is -2.27. The summed E-state index contributed by atoms with van der Waals surface area (Å²) in [5.41, 5.74) is 5.47. The summed E-state index contributed by atoms with van der Waals surface area (Å²) in [6.45, 7) is 5.01. The lowest BCUT2D eigenvalue weighted by molar-refractivity contribution is 0.0304. The molecular formula is C25H24N4O2. The minimum Gasteiger partial charge on any atom is -0.378 e. The molecule has 5 rings (SSSR count). The maximum absolute atomic E-state index is 13.4. The van der Waals surface area contributed by atoms with Gasteiger partial charge in [0.25, 0.3) is 5.91 Å². The standard InChI is InChI=1S/C25H24N4O2/c1-18-6-5-7-19(14-18)17-29-24-22(16-26-29)21(25(30)28-10-12-31-13-11-28)15-23(27-24)20-8-3-2-4-9-20/h2-9,14-16H,10-13,17H2,1H3. The number of hydrogen-bond acceptors (Lipinski definition) is 4. The number of benzene rings is 2. The molecular weight excluding hydrogens is 388 g/mol. The molecule has 4 aromatic rings. The topological polar surface area (TPSA) is 60.2 Å². The highest BCUT2D eigenvalue weighted by atomic mass is 16.5. The largest absolute Gasteiger partial charge is 0.378 e. The molecule has 0 bridgehead atoms. The number of aromatic nitrogens is 3. The van der Waals surface area contributed by atoms with E-state index in [0.717, 1.165) is 27.9 Å². The average Bonchev–Trinajstić information content (AvgIpc) is 3.22. The van der Waals surface area contributed by atoms with Crippen LogP contribution in [-0.4, -0.2) is 51.9 Å². The van der Waals surface area contributed by atoms with Crippen molar-refractivity contribution in [3.8, 4) is 11.3 Å². The number of pyridine rings is 1. The lowest BCUT2D eigenvalue weighted by Crippen LogP contribution is -2.40. The molecule has 0 spiro atoms. The van der Waals surface area contributed by atoms with Crippen molar-refractivity contribution in [1.29, 1.82) is 0 Å². The first-order chi connectivity index (χ1) is 15.2. The summed E-state index contributed by atoms with van der Waals surface area (Å²) in [6, 6.07) is 20.2. The van der Waals surface area contributed by atoms with E-state index in [9.17, 15) is 4.79 Å². The van der Waals surface area contributed by atoms with Gasteiger partial charge in [0.1, 0.15) is 0 Å². The molecule has 156 valence electrons. The Labute approximate surface area is 181 Å². The summed E-state index contributed by atoms with van der Waals surface area (Å²) in [6.07, 6.45) is 1.76. The third kappa shape index (κ3) is 3.94. The predicted octanol–water partition coefficient (Wildman–Crippen LogP) is 3.93. The summed E-state index contributed by atoms with van der Waals surface area (Å²) < 4.78 is 7.31. The molecule has 2 aromatic carbocycles. The highest BCUT2D eigenvalue weighted by molar-refractivity contribution is 6.06. The number of morpholine rings is 1. The molecule has 3 heterocycles. The molecule has 1 amide bonds. The fraction of sp³-hybridized carbons (Fsp3) is 0.240. The third-order valence-corrected chi connectivity index (χ3v) is 5.62. The van der Waals surface area contributed by atoms with Crippen LogP contribution in [0.3, 0.4) is 0 Å². The van der Waals surface area contributed by atoms with E-state index in [1.807, 2.05) is 52.0 Å². The molecule has 6 heteroatoms. The number of ether oxygens (including phenoxy) is 1. The van der Waals surface area contributed by atoms with Crippen molar-refractivity contribution in [2.75, 3.05) is 26.3 Å². The molecule has 1 fully saturated rings. The van der Waals surface area contributed by atoms with Gasteiger partial charge in [0.2, 0.25) is 0 Å². The Morgan fingerprint density at radius 2 is 1.84 bits per heavy atom. The van der Waals surface area contributed by atoms with Crippen LogP contribution in [0.2, 0.25) is 0 Å². The Morgan fingerprint density at radius 3 is 2.61 bits per heavy atom. The van der Waals surface area contributed by atoms with Gasteiger partial charge < -0.3 is 9.64 Å². The summed E-state index contributed by atoms with van der Waals surface area (Å²) >= 11 is 0. The monoisotopic (exact) mass is 412 g/mol. The summed E-state index contributed by atoms with van der Waals surface area (Å²) in [7, 11) is 0. The number of rotatable bonds is 4. The zero-order chi connectivity index (χ0) is 21.2. The second-order valence-electron chi connectivity index (χ2n) is 7.85. The van der Waals surface area contributed by atoms with Crippen molar-refractivity contribution < 1.29 is 9.53 Å². The molecule has 31 heavy (non-hydrogen) atoms. The van der Waals surface area contributed by atoms with Crippen LogP contribution in [0.4, 0.5) is 0 Å². The molecule has 0 N–H and O–H groups in total. The van der Waals surface area contributed by atoms with Gasteiger partial charge >= 0.3 is 0 Å². The van der Waals surface area contributed by atoms with E-state index in [-0.39, 0.29) is 5.91 Å². The van der Waals surface area contributed by atoms with Gasteiger partial charge in [-0.15, -0.1) is 0 Å². The Morgan fingerprint density at radius 1 is 1.03 bits per heavy atom. The van der Waals surface area contributed by atoms with Gasteiger partial charge in [-0.25, -0.2) is 9.67 Å². The van der Waals surface area contributed by atoms with E-state index in [1.165, 1.54) is 5.56 Å². The predicted molar refractivity (Wildman–Crippen MR) is 120 cm³/mol. The first-order valence-corrected chi connectivity index (χ1v) is 10.5. The number of carbonyl (C=O) groups excluding carboxylic acids is 1. The molecule has 1 aliphatic rings. The van der Waals surface area contributed by atoms with Crippen LogP contribution in [-0.2, 0) is 11.3 Å². The number of aryl methyl sites for hydroxylation is 1. The van der Waals surface area contributed by atoms with Gasteiger partial charge in [0.05, 0.1) is 42.6 Å². The molecule has 6 nitrogen and oxygen atoms in total.